The SMILES string of the molecule is Cc1nc(Cl)c2nc(CCl)n([C@@H](C)CO)c2c1C. The van der Waals surface area contributed by atoms with E-state index in [1.807, 2.05) is 25.3 Å². The molecule has 0 bridgehead atoms. The van der Waals surface area contributed by atoms with Gasteiger partial charge in [-0.25, -0.2) is 9.97 Å². The molecule has 2 heterocycles. The fourth-order valence-corrected chi connectivity index (χ4v) is 2.53. The summed E-state index contributed by atoms with van der Waals surface area (Å²) < 4.78 is 1.94. The fraction of sp³-hybridized carbons (Fsp3) is 0.500. The highest BCUT2D eigenvalue weighted by Gasteiger charge is 2.20. The highest BCUT2D eigenvalue weighted by Crippen LogP contribution is 2.30. The molecule has 0 aromatic carbocycles. The lowest BCUT2D eigenvalue weighted by atomic mass is 10.2. The number of nitrogens with zero attached hydrogens (tertiary/aromatic N) is 3. The van der Waals surface area contributed by atoms with Crippen LogP contribution in [0.3, 0.4) is 0 Å². The summed E-state index contributed by atoms with van der Waals surface area (Å²) >= 11 is 12.1. The smallest absolute Gasteiger partial charge is 0.157 e. The van der Waals surface area contributed by atoms with Gasteiger partial charge in [0.2, 0.25) is 0 Å². The third-order valence-electron chi connectivity index (χ3n) is 3.17. The van der Waals surface area contributed by atoms with Gasteiger partial charge in [0.1, 0.15) is 11.3 Å². The second-order valence-electron chi connectivity index (χ2n) is 4.37. The first-order valence-electron chi connectivity index (χ1n) is 5.71. The molecule has 0 unspecified atom stereocenters. The zero-order valence-electron chi connectivity index (χ0n) is 10.5. The molecular weight excluding hydrogens is 273 g/mol. The lowest BCUT2D eigenvalue weighted by Crippen LogP contribution is -2.12. The third-order valence-corrected chi connectivity index (χ3v) is 3.67. The second kappa shape index (κ2) is 5.03. The number of fused-ring (bicyclic) bond motifs is 1. The van der Waals surface area contributed by atoms with E-state index >= 15 is 0 Å². The van der Waals surface area contributed by atoms with Crippen molar-refractivity contribution in [3.8, 4) is 0 Å². The molecule has 2 rings (SSSR count). The minimum Gasteiger partial charge on any atom is -0.394 e. The molecule has 0 radical (unpaired) electrons. The van der Waals surface area contributed by atoms with Crippen molar-refractivity contribution in [3.05, 3.63) is 22.2 Å². The predicted molar refractivity (Wildman–Crippen MR) is 73.4 cm³/mol. The fourth-order valence-electron chi connectivity index (χ4n) is 2.09. The Kier molecular flexibility index (Phi) is 3.80. The molecule has 0 spiro atoms. The van der Waals surface area contributed by atoms with Crippen molar-refractivity contribution < 1.29 is 5.11 Å². The van der Waals surface area contributed by atoms with Crippen molar-refractivity contribution in [2.24, 2.45) is 0 Å². The number of aryl methyl sites for hydroxylation is 2. The molecule has 4 nitrogen and oxygen atoms in total. The van der Waals surface area contributed by atoms with Crippen molar-refractivity contribution in [3.63, 3.8) is 0 Å². The Morgan fingerprint density at radius 3 is 2.56 bits per heavy atom. The van der Waals surface area contributed by atoms with Crippen LogP contribution in [0.25, 0.3) is 11.0 Å². The van der Waals surface area contributed by atoms with Crippen molar-refractivity contribution in [1.82, 2.24) is 14.5 Å². The van der Waals surface area contributed by atoms with Crippen molar-refractivity contribution in [1.29, 1.82) is 0 Å². The van der Waals surface area contributed by atoms with Gasteiger partial charge in [-0.2, -0.15) is 0 Å². The molecule has 98 valence electrons. The molecule has 6 heteroatoms. The molecule has 18 heavy (non-hydrogen) atoms. The van der Waals surface area contributed by atoms with E-state index in [9.17, 15) is 5.11 Å². The molecule has 0 aliphatic carbocycles. The predicted octanol–water partition coefficient (Wildman–Crippen LogP) is 2.99. The van der Waals surface area contributed by atoms with E-state index in [1.54, 1.807) is 0 Å². The number of halogens is 2. The number of hydrogen-bond acceptors (Lipinski definition) is 3. The summed E-state index contributed by atoms with van der Waals surface area (Å²) in [5.41, 5.74) is 3.43. The Morgan fingerprint density at radius 2 is 2.00 bits per heavy atom. The summed E-state index contributed by atoms with van der Waals surface area (Å²) in [6.07, 6.45) is 0. The molecule has 1 atom stereocenters. The number of hydrogen-bond donors (Lipinski definition) is 1. The summed E-state index contributed by atoms with van der Waals surface area (Å²) in [7, 11) is 0. The van der Waals surface area contributed by atoms with E-state index in [0.29, 0.717) is 16.5 Å². The standard InChI is InChI=1S/C12H15Cl2N3O/c1-6(5-18)17-9(4-13)16-10-11(17)7(2)8(3)15-12(10)14/h6,18H,4-5H2,1-3H3/t6-/m0/s1. The van der Waals surface area contributed by atoms with Crippen LogP contribution in [0.4, 0.5) is 0 Å². The summed E-state index contributed by atoms with van der Waals surface area (Å²) in [5, 5.41) is 9.75. The molecule has 0 saturated carbocycles. The van der Waals surface area contributed by atoms with E-state index in [2.05, 4.69) is 9.97 Å². The highest BCUT2D eigenvalue weighted by atomic mass is 35.5. The number of alkyl halides is 1. The highest BCUT2D eigenvalue weighted by molar-refractivity contribution is 6.33. The van der Waals surface area contributed by atoms with E-state index in [0.717, 1.165) is 16.8 Å². The summed E-state index contributed by atoms with van der Waals surface area (Å²) in [5.74, 6) is 0.971. The maximum atomic E-state index is 9.38. The second-order valence-corrected chi connectivity index (χ2v) is 5.00. The van der Waals surface area contributed by atoms with Crippen LogP contribution in [0.5, 0.6) is 0 Å². The van der Waals surface area contributed by atoms with Gasteiger partial charge < -0.3 is 9.67 Å². The molecule has 0 fully saturated rings. The zero-order valence-corrected chi connectivity index (χ0v) is 12.0. The number of pyridine rings is 1. The molecule has 0 saturated heterocycles. The first kappa shape index (κ1) is 13.6. The Balaban J connectivity index is 2.89. The molecule has 0 aliphatic heterocycles. The van der Waals surface area contributed by atoms with Gasteiger partial charge in [-0.3, -0.25) is 0 Å². The van der Waals surface area contributed by atoms with Gasteiger partial charge in [0, 0.05) is 5.69 Å². The summed E-state index contributed by atoms with van der Waals surface area (Å²) in [4.78, 5) is 8.69. The Morgan fingerprint density at radius 1 is 1.33 bits per heavy atom. The number of aromatic nitrogens is 3. The number of aliphatic hydroxyl groups is 1. The van der Waals surface area contributed by atoms with Crippen LogP contribution in [0.2, 0.25) is 5.15 Å². The summed E-state index contributed by atoms with van der Waals surface area (Å²) in [6, 6.07) is -0.0969. The Labute approximate surface area is 116 Å². The van der Waals surface area contributed by atoms with Gasteiger partial charge in [0.15, 0.2) is 5.15 Å². The van der Waals surface area contributed by atoms with Crippen molar-refractivity contribution >= 4 is 34.2 Å². The maximum absolute atomic E-state index is 9.38. The van der Waals surface area contributed by atoms with Gasteiger partial charge in [-0.1, -0.05) is 11.6 Å². The van der Waals surface area contributed by atoms with E-state index < -0.39 is 0 Å². The van der Waals surface area contributed by atoms with Crippen molar-refractivity contribution in [2.45, 2.75) is 32.7 Å². The zero-order chi connectivity index (χ0) is 13.4. The van der Waals surface area contributed by atoms with Crippen LogP contribution < -0.4 is 0 Å². The molecule has 0 amide bonds. The summed E-state index contributed by atoms with van der Waals surface area (Å²) in [6.45, 7) is 5.82. The largest absolute Gasteiger partial charge is 0.394 e. The molecular formula is C12H15Cl2N3O. The van der Waals surface area contributed by atoms with Gasteiger partial charge in [-0.05, 0) is 26.3 Å². The number of imidazole rings is 1. The Bertz CT molecular complexity index is 595. The quantitative estimate of drug-likeness (QED) is 0.697. The first-order valence-corrected chi connectivity index (χ1v) is 6.62. The van der Waals surface area contributed by atoms with Gasteiger partial charge >= 0.3 is 0 Å². The van der Waals surface area contributed by atoms with E-state index in [-0.39, 0.29) is 18.5 Å². The van der Waals surface area contributed by atoms with Crippen LogP contribution in [-0.4, -0.2) is 26.2 Å². The van der Waals surface area contributed by atoms with Crippen LogP contribution in [0.15, 0.2) is 0 Å². The van der Waals surface area contributed by atoms with Gasteiger partial charge in [0.05, 0.1) is 24.0 Å². The minimum atomic E-state index is -0.0969. The van der Waals surface area contributed by atoms with Gasteiger partial charge in [-0.15, -0.1) is 11.6 Å². The molecule has 2 aromatic heterocycles. The lowest BCUT2D eigenvalue weighted by Gasteiger charge is -2.16. The lowest BCUT2D eigenvalue weighted by molar-refractivity contribution is 0.239. The molecule has 1 N–H and O–H groups in total. The molecule has 0 aliphatic rings. The third kappa shape index (κ3) is 1.98. The average Bonchev–Trinajstić information content (AvgIpc) is 2.75. The van der Waals surface area contributed by atoms with E-state index in [4.69, 9.17) is 23.2 Å². The Hall–Kier alpha value is -0.840. The minimum absolute atomic E-state index is 0.0216. The monoisotopic (exact) mass is 287 g/mol. The normalized spacial score (nSPS) is 13.2. The van der Waals surface area contributed by atoms with Crippen LogP contribution in [-0.2, 0) is 5.88 Å². The maximum Gasteiger partial charge on any atom is 0.157 e. The number of rotatable bonds is 3. The van der Waals surface area contributed by atoms with Crippen molar-refractivity contribution in [2.75, 3.05) is 6.61 Å². The molecule has 2 aromatic rings. The van der Waals surface area contributed by atoms with Crippen LogP contribution >= 0.6 is 23.2 Å². The van der Waals surface area contributed by atoms with Crippen LogP contribution in [0.1, 0.15) is 30.0 Å². The number of aliphatic hydroxyl groups excluding tert-OH is 1. The van der Waals surface area contributed by atoms with E-state index in [1.165, 1.54) is 0 Å². The average molecular weight is 288 g/mol. The topological polar surface area (TPSA) is 50.9 Å². The first-order chi connectivity index (χ1) is 8.51. The van der Waals surface area contributed by atoms with Gasteiger partial charge in [0.25, 0.3) is 0 Å². The van der Waals surface area contributed by atoms with Crippen LogP contribution in [0, 0.1) is 13.8 Å².